The predicted octanol–water partition coefficient (Wildman–Crippen LogP) is 5.93. The van der Waals surface area contributed by atoms with E-state index >= 15 is 0 Å². The van der Waals surface area contributed by atoms with Gasteiger partial charge < -0.3 is 25.2 Å². The first-order valence-corrected chi connectivity index (χ1v) is 13.1. The van der Waals surface area contributed by atoms with Crippen LogP contribution in [0.25, 0.3) is 0 Å². The molecule has 3 aromatic rings. The van der Waals surface area contributed by atoms with Crippen LogP contribution in [0.1, 0.15) is 36.8 Å². The minimum Gasteiger partial charge on any atom is -0.444 e. The van der Waals surface area contributed by atoms with Crippen LogP contribution < -0.4 is 16.0 Å². The first-order chi connectivity index (χ1) is 18.9. The Morgan fingerprint density at radius 2 is 1.60 bits per heavy atom. The van der Waals surface area contributed by atoms with Gasteiger partial charge in [0.1, 0.15) is 11.3 Å². The number of amides is 4. The molecule has 0 saturated carbocycles. The zero-order valence-corrected chi connectivity index (χ0v) is 24.1. The molecule has 0 spiro atoms. The number of carbonyl (C=O) groups is 3. The molecule has 11 heteroatoms. The molecule has 0 radical (unpaired) electrons. The van der Waals surface area contributed by atoms with Crippen molar-refractivity contribution in [1.82, 2.24) is 14.8 Å². The fourth-order valence-corrected chi connectivity index (χ4v) is 3.71. The van der Waals surface area contributed by atoms with Crippen LogP contribution in [0, 0.1) is 0 Å². The Kier molecular flexibility index (Phi) is 10.5. The van der Waals surface area contributed by atoms with Crippen LogP contribution in [0.4, 0.5) is 26.7 Å². The number of hydrogen-bond donors (Lipinski definition) is 3. The third-order valence-corrected chi connectivity index (χ3v) is 5.66. The van der Waals surface area contributed by atoms with Crippen LogP contribution in [0.5, 0.6) is 0 Å². The van der Waals surface area contributed by atoms with Crippen molar-refractivity contribution in [2.75, 3.05) is 43.1 Å². The summed E-state index contributed by atoms with van der Waals surface area (Å²) in [7, 11) is 3.87. The lowest BCUT2D eigenvalue weighted by Crippen LogP contribution is -2.39. The molecule has 0 aliphatic carbocycles. The number of anilines is 3. The molecular formula is C29H35ClN6O4. The lowest BCUT2D eigenvalue weighted by atomic mass is 10.2. The van der Waals surface area contributed by atoms with Crippen molar-refractivity contribution < 1.29 is 19.1 Å². The van der Waals surface area contributed by atoms with E-state index in [2.05, 4.69) is 20.9 Å². The summed E-state index contributed by atoms with van der Waals surface area (Å²) >= 11 is 6.05. The van der Waals surface area contributed by atoms with Crippen LogP contribution in [0.3, 0.4) is 0 Å². The summed E-state index contributed by atoms with van der Waals surface area (Å²) in [4.78, 5) is 46.1. The van der Waals surface area contributed by atoms with Crippen LogP contribution in [0.2, 0.25) is 5.02 Å². The van der Waals surface area contributed by atoms with Crippen LogP contribution in [0.15, 0.2) is 66.9 Å². The summed E-state index contributed by atoms with van der Waals surface area (Å²) in [6.45, 7) is 6.73. The second-order valence-corrected chi connectivity index (χ2v) is 10.8. The summed E-state index contributed by atoms with van der Waals surface area (Å²) < 4.78 is 5.30. The highest BCUT2D eigenvalue weighted by atomic mass is 35.5. The second-order valence-electron chi connectivity index (χ2n) is 10.3. The third-order valence-electron chi connectivity index (χ3n) is 5.42. The Hall–Kier alpha value is -4.15. The van der Waals surface area contributed by atoms with Gasteiger partial charge in [-0.15, -0.1) is 0 Å². The average Bonchev–Trinajstić information content (AvgIpc) is 2.86. The molecule has 40 heavy (non-hydrogen) atoms. The summed E-state index contributed by atoms with van der Waals surface area (Å²) in [5.41, 5.74) is 1.66. The molecule has 2 aromatic carbocycles. The first kappa shape index (κ1) is 30.4. The topological polar surface area (TPSA) is 116 Å². The van der Waals surface area contributed by atoms with E-state index in [4.69, 9.17) is 16.3 Å². The Balaban J connectivity index is 1.67. The molecule has 0 aliphatic heterocycles. The van der Waals surface area contributed by atoms with E-state index in [1.807, 2.05) is 19.0 Å². The second kappa shape index (κ2) is 13.8. The van der Waals surface area contributed by atoms with Gasteiger partial charge in [-0.05, 0) is 76.8 Å². The number of pyridine rings is 1. The van der Waals surface area contributed by atoms with Gasteiger partial charge in [0.05, 0.1) is 11.4 Å². The first-order valence-electron chi connectivity index (χ1n) is 12.7. The van der Waals surface area contributed by atoms with Crippen molar-refractivity contribution in [3.05, 3.63) is 83.1 Å². The minimum absolute atomic E-state index is 0.180. The molecule has 1 heterocycles. The van der Waals surface area contributed by atoms with Gasteiger partial charge in [-0.2, -0.15) is 0 Å². The van der Waals surface area contributed by atoms with Gasteiger partial charge in [-0.1, -0.05) is 35.9 Å². The van der Waals surface area contributed by atoms with Crippen molar-refractivity contribution in [2.24, 2.45) is 0 Å². The quantitative estimate of drug-likeness (QED) is 0.296. The number of halogens is 1. The molecule has 0 saturated heterocycles. The molecule has 0 fully saturated rings. The number of aromatic nitrogens is 1. The van der Waals surface area contributed by atoms with E-state index in [1.54, 1.807) is 92.5 Å². The molecule has 1 aromatic heterocycles. The SMILES string of the molecule is CN(C)CCN(Cc1ccc(C(=O)Nc2ccccc2NC(=O)OC(C)(C)C)nc1)C(=O)Nc1cccc(Cl)c1. The van der Waals surface area contributed by atoms with E-state index in [0.29, 0.717) is 35.2 Å². The van der Waals surface area contributed by atoms with Gasteiger partial charge in [0.2, 0.25) is 0 Å². The van der Waals surface area contributed by atoms with Gasteiger partial charge >= 0.3 is 12.1 Å². The number of ether oxygens (including phenoxy) is 1. The largest absolute Gasteiger partial charge is 0.444 e. The number of likely N-dealkylation sites (N-methyl/N-ethyl adjacent to an activating group) is 1. The molecule has 212 valence electrons. The maximum Gasteiger partial charge on any atom is 0.412 e. The molecular weight excluding hydrogens is 532 g/mol. The number of para-hydroxylation sites is 2. The molecule has 0 bridgehead atoms. The van der Waals surface area contributed by atoms with E-state index < -0.39 is 17.6 Å². The zero-order valence-electron chi connectivity index (χ0n) is 23.3. The number of hydrogen-bond acceptors (Lipinski definition) is 6. The van der Waals surface area contributed by atoms with Crippen molar-refractivity contribution in [1.29, 1.82) is 0 Å². The Bertz CT molecular complexity index is 1320. The number of carbonyl (C=O) groups excluding carboxylic acids is 3. The molecule has 0 aliphatic rings. The normalized spacial score (nSPS) is 11.1. The Labute approximate surface area is 239 Å². The molecule has 3 N–H and O–H groups in total. The average molecular weight is 567 g/mol. The van der Waals surface area contributed by atoms with Crippen LogP contribution in [-0.4, -0.2) is 65.6 Å². The smallest absolute Gasteiger partial charge is 0.412 e. The van der Waals surface area contributed by atoms with Gasteiger partial charge in [0.25, 0.3) is 5.91 Å². The van der Waals surface area contributed by atoms with Crippen molar-refractivity contribution >= 4 is 46.7 Å². The standard InChI is InChI=1S/C29H35ClN6O4/c1-29(2,3)40-28(39)34-24-12-7-6-11-23(24)33-26(37)25-14-13-20(18-31-25)19-36(16-15-35(4)5)27(38)32-22-10-8-9-21(30)17-22/h6-14,17-18H,15-16,19H2,1-5H3,(H,32,38)(H,33,37)(H,34,39). The van der Waals surface area contributed by atoms with Crippen molar-refractivity contribution in [3.8, 4) is 0 Å². The zero-order chi connectivity index (χ0) is 29.3. The maximum atomic E-state index is 13.0. The minimum atomic E-state index is -0.661. The fraction of sp³-hybridized carbons (Fsp3) is 0.310. The number of benzene rings is 2. The lowest BCUT2D eigenvalue weighted by Gasteiger charge is -2.25. The highest BCUT2D eigenvalue weighted by molar-refractivity contribution is 6.30. The van der Waals surface area contributed by atoms with Gasteiger partial charge in [-0.25, -0.2) is 9.59 Å². The highest BCUT2D eigenvalue weighted by Gasteiger charge is 2.19. The molecule has 10 nitrogen and oxygen atoms in total. The number of rotatable bonds is 9. The number of nitrogens with zero attached hydrogens (tertiary/aromatic N) is 3. The van der Waals surface area contributed by atoms with Crippen LogP contribution >= 0.6 is 11.6 Å². The Morgan fingerprint density at radius 1 is 0.900 bits per heavy atom. The fourth-order valence-electron chi connectivity index (χ4n) is 3.52. The van der Waals surface area contributed by atoms with Gasteiger partial charge in [0.15, 0.2) is 0 Å². The summed E-state index contributed by atoms with van der Waals surface area (Å²) in [5.74, 6) is -0.451. The summed E-state index contributed by atoms with van der Waals surface area (Å²) in [5, 5.41) is 8.83. The monoisotopic (exact) mass is 566 g/mol. The molecule has 0 unspecified atom stereocenters. The molecule has 4 amide bonds. The Morgan fingerprint density at radius 3 is 2.20 bits per heavy atom. The highest BCUT2D eigenvalue weighted by Crippen LogP contribution is 2.23. The van der Waals surface area contributed by atoms with E-state index in [9.17, 15) is 14.4 Å². The number of nitrogens with one attached hydrogen (secondary N) is 3. The number of urea groups is 1. The molecule has 3 rings (SSSR count). The van der Waals surface area contributed by atoms with E-state index in [-0.39, 0.29) is 18.3 Å². The maximum absolute atomic E-state index is 13.0. The van der Waals surface area contributed by atoms with Crippen molar-refractivity contribution in [3.63, 3.8) is 0 Å². The van der Waals surface area contributed by atoms with Crippen molar-refractivity contribution in [2.45, 2.75) is 32.9 Å². The van der Waals surface area contributed by atoms with Gasteiger partial charge in [0, 0.05) is 36.5 Å². The summed E-state index contributed by atoms with van der Waals surface area (Å²) in [6.07, 6.45) is 0.935. The van der Waals surface area contributed by atoms with E-state index in [0.717, 1.165) is 5.56 Å². The lowest BCUT2D eigenvalue weighted by molar-refractivity contribution is 0.0635. The van der Waals surface area contributed by atoms with E-state index in [1.165, 1.54) is 0 Å². The van der Waals surface area contributed by atoms with Crippen LogP contribution in [-0.2, 0) is 11.3 Å². The van der Waals surface area contributed by atoms with Gasteiger partial charge in [-0.3, -0.25) is 15.1 Å². The molecule has 0 atom stereocenters. The predicted molar refractivity (Wildman–Crippen MR) is 158 cm³/mol. The summed E-state index contributed by atoms with van der Waals surface area (Å²) in [6, 6.07) is 16.8. The third kappa shape index (κ3) is 9.87.